The molecule has 0 amide bonds. The van der Waals surface area contributed by atoms with Crippen molar-refractivity contribution in [2.24, 2.45) is 0 Å². The van der Waals surface area contributed by atoms with Gasteiger partial charge >= 0.3 is 0 Å². The Bertz CT molecular complexity index is 805. The van der Waals surface area contributed by atoms with Crippen molar-refractivity contribution in [3.63, 3.8) is 0 Å². The summed E-state index contributed by atoms with van der Waals surface area (Å²) in [5.41, 5.74) is 2.90. The summed E-state index contributed by atoms with van der Waals surface area (Å²) >= 11 is 0. The Kier molecular flexibility index (Phi) is 6.77. The van der Waals surface area contributed by atoms with Crippen LogP contribution in [0.15, 0.2) is 35.1 Å². The number of piperazine rings is 1. The number of aryl methyl sites for hydroxylation is 1. The number of hydrogen-bond acceptors (Lipinski definition) is 5. The Morgan fingerprint density at radius 2 is 2.15 bits per heavy atom. The summed E-state index contributed by atoms with van der Waals surface area (Å²) in [4.78, 5) is 24.2. The number of likely N-dealkylation sites (N-methyl/N-ethyl adjacent to an activating group) is 1. The quantitative estimate of drug-likeness (QED) is 0.779. The van der Waals surface area contributed by atoms with Crippen LogP contribution >= 0.6 is 0 Å². The van der Waals surface area contributed by atoms with Crippen LogP contribution in [0.2, 0.25) is 0 Å². The maximum Gasteiger partial charge on any atom is 0.251 e. The van der Waals surface area contributed by atoms with Crippen LogP contribution in [0.25, 0.3) is 11.4 Å². The van der Waals surface area contributed by atoms with Gasteiger partial charge in [0.2, 0.25) is 0 Å². The molecule has 27 heavy (non-hydrogen) atoms. The number of H-pyrrole nitrogens is 1. The van der Waals surface area contributed by atoms with Crippen LogP contribution in [0.5, 0.6) is 0 Å². The molecule has 1 aromatic carbocycles. The number of hydrogen-bond donors (Lipinski definition) is 2. The summed E-state index contributed by atoms with van der Waals surface area (Å²) in [6, 6.07) is 10.2. The molecule has 3 rings (SSSR count). The number of nitrogens with one attached hydrogen (secondary N) is 1. The molecule has 6 nitrogen and oxygen atoms in total. The summed E-state index contributed by atoms with van der Waals surface area (Å²) < 4.78 is 0. The molecule has 2 aromatic rings. The van der Waals surface area contributed by atoms with Gasteiger partial charge in [0, 0.05) is 56.2 Å². The van der Waals surface area contributed by atoms with Crippen molar-refractivity contribution in [3.05, 3.63) is 51.9 Å². The van der Waals surface area contributed by atoms with Gasteiger partial charge in [-0.3, -0.25) is 9.69 Å². The summed E-state index contributed by atoms with van der Waals surface area (Å²) in [7, 11) is 2.13. The van der Waals surface area contributed by atoms with Crippen molar-refractivity contribution in [1.82, 2.24) is 19.8 Å². The van der Waals surface area contributed by atoms with Crippen LogP contribution in [0.4, 0.5) is 0 Å². The van der Waals surface area contributed by atoms with Gasteiger partial charge in [-0.1, -0.05) is 31.5 Å². The first-order valence-electron chi connectivity index (χ1n) is 9.82. The lowest BCUT2D eigenvalue weighted by molar-refractivity contribution is 0.0743. The van der Waals surface area contributed by atoms with Gasteiger partial charge in [-0.2, -0.15) is 0 Å². The largest absolute Gasteiger partial charge is 0.396 e. The SMILES string of the molecule is CCCc1cc(=O)[nH]c(-c2cccc(CN3CCN(C)C(CCO)C3)c2)n1. The minimum Gasteiger partial charge on any atom is -0.396 e. The molecule has 0 saturated carbocycles. The predicted molar refractivity (Wildman–Crippen MR) is 108 cm³/mol. The van der Waals surface area contributed by atoms with Crippen LogP contribution in [0.3, 0.4) is 0 Å². The topological polar surface area (TPSA) is 72.5 Å². The first kappa shape index (κ1) is 19.7. The number of aromatic amines is 1. The Morgan fingerprint density at radius 3 is 2.93 bits per heavy atom. The zero-order valence-corrected chi connectivity index (χ0v) is 16.3. The Labute approximate surface area is 160 Å². The van der Waals surface area contributed by atoms with Crippen molar-refractivity contribution >= 4 is 0 Å². The van der Waals surface area contributed by atoms with Crippen molar-refractivity contribution < 1.29 is 5.11 Å². The van der Waals surface area contributed by atoms with Crippen molar-refractivity contribution in [1.29, 1.82) is 0 Å². The minimum atomic E-state index is -0.0974. The summed E-state index contributed by atoms with van der Waals surface area (Å²) in [5, 5.41) is 9.28. The highest BCUT2D eigenvalue weighted by Gasteiger charge is 2.23. The molecule has 1 aliphatic rings. The smallest absolute Gasteiger partial charge is 0.251 e. The zero-order valence-electron chi connectivity index (χ0n) is 16.3. The molecule has 0 radical (unpaired) electrons. The van der Waals surface area contributed by atoms with E-state index in [9.17, 15) is 9.90 Å². The standard InChI is InChI=1S/C21H30N4O2/c1-3-5-18-13-20(27)23-21(22-18)17-7-4-6-16(12-17)14-25-10-9-24(2)19(15-25)8-11-26/h4,6-7,12-13,19,26H,3,5,8-11,14-15H2,1-2H3,(H,22,23,27). The number of aliphatic hydroxyl groups excluding tert-OH is 1. The molecular formula is C21H30N4O2. The fraction of sp³-hybridized carbons (Fsp3) is 0.524. The third-order valence-corrected chi connectivity index (χ3v) is 5.23. The number of benzene rings is 1. The molecule has 1 atom stereocenters. The Balaban J connectivity index is 1.75. The van der Waals surface area contributed by atoms with Gasteiger partial charge in [0.1, 0.15) is 5.82 Å². The van der Waals surface area contributed by atoms with Crippen LogP contribution in [0, 0.1) is 0 Å². The van der Waals surface area contributed by atoms with Gasteiger partial charge in [0.05, 0.1) is 0 Å². The normalized spacial score (nSPS) is 18.7. The molecule has 1 fully saturated rings. The van der Waals surface area contributed by atoms with Gasteiger partial charge in [0.15, 0.2) is 0 Å². The second-order valence-electron chi connectivity index (χ2n) is 7.42. The first-order chi connectivity index (χ1) is 13.1. The molecule has 2 N–H and O–H groups in total. The Morgan fingerprint density at radius 1 is 1.30 bits per heavy atom. The van der Waals surface area contributed by atoms with E-state index in [2.05, 4.69) is 45.9 Å². The molecule has 2 heterocycles. The Hall–Kier alpha value is -2.02. The number of aliphatic hydroxyl groups is 1. The second-order valence-corrected chi connectivity index (χ2v) is 7.42. The van der Waals surface area contributed by atoms with E-state index >= 15 is 0 Å². The lowest BCUT2D eigenvalue weighted by Gasteiger charge is -2.39. The minimum absolute atomic E-state index is 0.0974. The van der Waals surface area contributed by atoms with Gasteiger partial charge in [-0.25, -0.2) is 4.98 Å². The third-order valence-electron chi connectivity index (χ3n) is 5.23. The van der Waals surface area contributed by atoms with E-state index in [-0.39, 0.29) is 12.2 Å². The average Bonchev–Trinajstić information content (AvgIpc) is 2.65. The van der Waals surface area contributed by atoms with E-state index in [0.29, 0.717) is 11.9 Å². The van der Waals surface area contributed by atoms with Gasteiger partial charge in [-0.05, 0) is 31.5 Å². The zero-order chi connectivity index (χ0) is 19.2. The van der Waals surface area contributed by atoms with Crippen LogP contribution in [-0.2, 0) is 13.0 Å². The average molecular weight is 370 g/mol. The summed E-state index contributed by atoms with van der Waals surface area (Å²) in [6.45, 7) is 6.17. The van der Waals surface area contributed by atoms with E-state index in [4.69, 9.17) is 0 Å². The third kappa shape index (κ3) is 5.25. The van der Waals surface area contributed by atoms with Crippen LogP contribution in [0.1, 0.15) is 31.0 Å². The monoisotopic (exact) mass is 370 g/mol. The van der Waals surface area contributed by atoms with Crippen molar-refractivity contribution in [2.75, 3.05) is 33.3 Å². The lowest BCUT2D eigenvalue weighted by atomic mass is 10.1. The van der Waals surface area contributed by atoms with Gasteiger partial charge in [-0.15, -0.1) is 0 Å². The van der Waals surface area contributed by atoms with Gasteiger partial charge < -0.3 is 15.0 Å². The highest BCUT2D eigenvalue weighted by atomic mass is 16.3. The second kappa shape index (κ2) is 9.26. The van der Waals surface area contributed by atoms with E-state index in [1.165, 1.54) is 5.56 Å². The van der Waals surface area contributed by atoms with Gasteiger partial charge in [0.25, 0.3) is 5.56 Å². The van der Waals surface area contributed by atoms with Crippen molar-refractivity contribution in [3.8, 4) is 11.4 Å². The fourth-order valence-electron chi connectivity index (χ4n) is 3.72. The molecule has 1 unspecified atom stereocenters. The molecule has 0 spiro atoms. The molecule has 146 valence electrons. The fourth-order valence-corrected chi connectivity index (χ4v) is 3.72. The number of nitrogens with zero attached hydrogens (tertiary/aromatic N) is 3. The maximum atomic E-state index is 12.0. The van der Waals surface area contributed by atoms with Crippen LogP contribution < -0.4 is 5.56 Å². The lowest BCUT2D eigenvalue weighted by Crippen LogP contribution is -2.51. The number of rotatable bonds is 7. The summed E-state index contributed by atoms with van der Waals surface area (Å²) in [5.74, 6) is 0.643. The van der Waals surface area contributed by atoms with E-state index in [0.717, 1.165) is 56.7 Å². The number of aromatic nitrogens is 2. The highest BCUT2D eigenvalue weighted by molar-refractivity contribution is 5.56. The molecule has 1 aromatic heterocycles. The van der Waals surface area contributed by atoms with Crippen LogP contribution in [-0.4, -0.2) is 64.2 Å². The molecule has 0 aliphatic carbocycles. The molecular weight excluding hydrogens is 340 g/mol. The van der Waals surface area contributed by atoms with E-state index in [1.54, 1.807) is 6.07 Å². The molecule has 6 heteroatoms. The summed E-state index contributed by atoms with van der Waals surface area (Å²) in [6.07, 6.45) is 2.58. The maximum absolute atomic E-state index is 12.0. The predicted octanol–water partition coefficient (Wildman–Crippen LogP) is 1.89. The molecule has 1 saturated heterocycles. The van der Waals surface area contributed by atoms with E-state index < -0.39 is 0 Å². The van der Waals surface area contributed by atoms with E-state index in [1.807, 2.05) is 12.1 Å². The molecule has 1 aliphatic heterocycles. The first-order valence-corrected chi connectivity index (χ1v) is 9.82. The highest BCUT2D eigenvalue weighted by Crippen LogP contribution is 2.19. The van der Waals surface area contributed by atoms with Crippen molar-refractivity contribution in [2.45, 2.75) is 38.8 Å². The molecule has 0 bridgehead atoms.